The number of ether oxygens (including phenoxy) is 2. The molecule has 0 spiro atoms. The van der Waals surface area contributed by atoms with E-state index in [1.807, 2.05) is 19.2 Å². The van der Waals surface area contributed by atoms with Crippen LogP contribution in [0.15, 0.2) is 16.7 Å². The van der Waals surface area contributed by atoms with Crippen LogP contribution in [0.4, 0.5) is 5.13 Å². The first-order chi connectivity index (χ1) is 10.7. The zero-order valence-electron chi connectivity index (χ0n) is 14.0. The molecule has 6 nitrogen and oxygen atoms in total. The summed E-state index contributed by atoms with van der Waals surface area (Å²) < 4.78 is 11.0. The van der Waals surface area contributed by atoms with Crippen LogP contribution in [-0.2, 0) is 19.1 Å². The van der Waals surface area contributed by atoms with Gasteiger partial charge in [-0.15, -0.1) is 11.3 Å². The average Bonchev–Trinajstić information content (AvgIpc) is 2.83. The number of Topliss-reactive ketones (excluding diaryl/α,β-unsaturated/α-hetero) is 1. The van der Waals surface area contributed by atoms with Crippen molar-refractivity contribution < 1.29 is 19.1 Å². The van der Waals surface area contributed by atoms with E-state index >= 15 is 0 Å². The van der Waals surface area contributed by atoms with Gasteiger partial charge in [0.1, 0.15) is 11.9 Å². The standard InChI is InChI=1S/C16H22N2O4S/c1-8-11(20)6-16(3,4)12(10-7-23-15(17)18-10)14(21-5)13(8)22-9(2)19/h7,12,14H,6H2,1-5H3,(H2,17,18). The number of allylic oxidation sites excluding steroid dienone is 1. The van der Waals surface area contributed by atoms with Gasteiger partial charge in [-0.3, -0.25) is 9.59 Å². The Morgan fingerprint density at radius 3 is 2.61 bits per heavy atom. The summed E-state index contributed by atoms with van der Waals surface area (Å²) in [5.41, 5.74) is 6.51. The van der Waals surface area contributed by atoms with Crippen LogP contribution >= 0.6 is 11.3 Å². The number of nitrogens with two attached hydrogens (primary N) is 1. The molecule has 0 aromatic carbocycles. The molecule has 1 aliphatic rings. The highest BCUT2D eigenvalue weighted by Gasteiger charge is 2.46. The first-order valence-electron chi connectivity index (χ1n) is 7.33. The van der Waals surface area contributed by atoms with Crippen molar-refractivity contribution >= 4 is 28.2 Å². The third-order valence-electron chi connectivity index (χ3n) is 4.17. The van der Waals surface area contributed by atoms with E-state index in [1.165, 1.54) is 25.4 Å². The minimum Gasteiger partial charge on any atom is -0.428 e. The molecule has 2 rings (SSSR count). The number of esters is 1. The molecule has 1 aromatic heterocycles. The first-order valence-corrected chi connectivity index (χ1v) is 8.21. The van der Waals surface area contributed by atoms with Gasteiger partial charge in [0.05, 0.1) is 5.69 Å². The number of ketones is 1. The number of hydrogen-bond donors (Lipinski definition) is 1. The van der Waals surface area contributed by atoms with Crippen LogP contribution in [0.3, 0.4) is 0 Å². The number of nitrogens with zero attached hydrogens (tertiary/aromatic N) is 1. The molecule has 7 heteroatoms. The van der Waals surface area contributed by atoms with Crippen LogP contribution in [0.25, 0.3) is 0 Å². The van der Waals surface area contributed by atoms with Gasteiger partial charge in [-0.25, -0.2) is 4.98 Å². The number of carbonyl (C=O) groups excluding carboxylic acids is 2. The fourth-order valence-electron chi connectivity index (χ4n) is 3.10. The molecule has 1 aromatic rings. The van der Waals surface area contributed by atoms with Crippen molar-refractivity contribution in [3.05, 3.63) is 22.4 Å². The van der Waals surface area contributed by atoms with Crippen molar-refractivity contribution in [3.8, 4) is 0 Å². The normalized spacial score (nSPS) is 24.5. The summed E-state index contributed by atoms with van der Waals surface area (Å²) in [5, 5.41) is 2.32. The van der Waals surface area contributed by atoms with E-state index in [-0.39, 0.29) is 17.5 Å². The Labute approximate surface area is 139 Å². The molecule has 1 heterocycles. The van der Waals surface area contributed by atoms with E-state index in [0.717, 1.165) is 5.69 Å². The van der Waals surface area contributed by atoms with Crippen molar-refractivity contribution in [2.24, 2.45) is 5.41 Å². The molecule has 23 heavy (non-hydrogen) atoms. The van der Waals surface area contributed by atoms with Gasteiger partial charge in [-0.2, -0.15) is 0 Å². The molecule has 2 atom stereocenters. The second-order valence-corrected chi connectivity index (χ2v) is 7.31. The lowest BCUT2D eigenvalue weighted by molar-refractivity contribution is -0.139. The smallest absolute Gasteiger partial charge is 0.307 e. The van der Waals surface area contributed by atoms with E-state index in [4.69, 9.17) is 15.2 Å². The molecule has 126 valence electrons. The van der Waals surface area contributed by atoms with Crippen molar-refractivity contribution in [1.82, 2.24) is 4.98 Å². The zero-order chi connectivity index (χ0) is 17.4. The highest BCUT2D eigenvalue weighted by molar-refractivity contribution is 7.13. The second-order valence-electron chi connectivity index (χ2n) is 6.42. The van der Waals surface area contributed by atoms with Gasteiger partial charge in [0, 0.05) is 37.3 Å². The van der Waals surface area contributed by atoms with Gasteiger partial charge in [-0.1, -0.05) is 13.8 Å². The average molecular weight is 338 g/mol. The summed E-state index contributed by atoms with van der Waals surface area (Å²) in [7, 11) is 1.54. The first kappa shape index (κ1) is 17.6. The maximum Gasteiger partial charge on any atom is 0.307 e. The van der Waals surface area contributed by atoms with Gasteiger partial charge in [0.2, 0.25) is 0 Å². The van der Waals surface area contributed by atoms with Crippen LogP contribution in [0.2, 0.25) is 0 Å². The minimum absolute atomic E-state index is 0.0565. The fourth-order valence-corrected chi connectivity index (χ4v) is 3.70. The summed E-state index contributed by atoms with van der Waals surface area (Å²) >= 11 is 1.34. The summed E-state index contributed by atoms with van der Waals surface area (Å²) in [6, 6.07) is 0. The van der Waals surface area contributed by atoms with Crippen molar-refractivity contribution in [1.29, 1.82) is 0 Å². The molecule has 1 aliphatic carbocycles. The number of carbonyl (C=O) groups is 2. The predicted octanol–water partition coefficient (Wildman–Crippen LogP) is 2.66. The number of hydrogen-bond acceptors (Lipinski definition) is 7. The van der Waals surface area contributed by atoms with Crippen LogP contribution < -0.4 is 5.73 Å². The highest BCUT2D eigenvalue weighted by atomic mass is 32.1. The number of rotatable bonds is 3. The SMILES string of the molecule is COC1C(OC(C)=O)=C(C)C(=O)CC(C)(C)C1c1csc(N)n1. The van der Waals surface area contributed by atoms with Crippen molar-refractivity contribution in [2.75, 3.05) is 12.8 Å². The third kappa shape index (κ3) is 3.45. The van der Waals surface area contributed by atoms with E-state index in [2.05, 4.69) is 4.98 Å². The van der Waals surface area contributed by atoms with Gasteiger partial charge in [0.25, 0.3) is 0 Å². The van der Waals surface area contributed by atoms with Crippen LogP contribution in [0.1, 0.15) is 45.7 Å². The van der Waals surface area contributed by atoms with E-state index in [9.17, 15) is 9.59 Å². The largest absolute Gasteiger partial charge is 0.428 e. The Kier molecular flexibility index (Phi) is 4.91. The number of methoxy groups -OCH3 is 1. The summed E-state index contributed by atoms with van der Waals surface area (Å²) in [4.78, 5) is 28.4. The zero-order valence-corrected chi connectivity index (χ0v) is 14.8. The van der Waals surface area contributed by atoms with E-state index < -0.39 is 17.5 Å². The molecular formula is C16H22N2O4S. The maximum absolute atomic E-state index is 12.5. The highest BCUT2D eigenvalue weighted by Crippen LogP contribution is 2.47. The molecule has 0 fully saturated rings. The molecule has 2 unspecified atom stereocenters. The molecule has 0 radical (unpaired) electrons. The Morgan fingerprint density at radius 2 is 2.13 bits per heavy atom. The van der Waals surface area contributed by atoms with Crippen LogP contribution in [0, 0.1) is 5.41 Å². The van der Waals surface area contributed by atoms with Gasteiger partial charge in [-0.05, 0) is 12.3 Å². The summed E-state index contributed by atoms with van der Waals surface area (Å²) in [5.74, 6) is -0.520. The molecule has 2 N–H and O–H groups in total. The van der Waals surface area contributed by atoms with Crippen molar-refractivity contribution in [2.45, 2.75) is 46.1 Å². The molecular weight excluding hydrogens is 316 g/mol. The number of nitrogen functional groups attached to an aromatic ring is 1. The van der Waals surface area contributed by atoms with Gasteiger partial charge in [0.15, 0.2) is 10.9 Å². The molecule has 0 amide bonds. The Hall–Kier alpha value is -1.73. The Morgan fingerprint density at radius 1 is 1.48 bits per heavy atom. The lowest BCUT2D eigenvalue weighted by Crippen LogP contribution is -2.35. The van der Waals surface area contributed by atoms with Crippen LogP contribution in [0.5, 0.6) is 0 Å². The van der Waals surface area contributed by atoms with E-state index in [0.29, 0.717) is 17.1 Å². The maximum atomic E-state index is 12.5. The topological polar surface area (TPSA) is 91.5 Å². The molecule has 0 aliphatic heterocycles. The molecule has 0 saturated carbocycles. The summed E-state index contributed by atoms with van der Waals surface area (Å²) in [6.07, 6.45) is -0.271. The fraction of sp³-hybridized carbons (Fsp3) is 0.562. The molecule has 0 saturated heterocycles. The monoisotopic (exact) mass is 338 g/mol. The Bertz CT molecular complexity index is 663. The van der Waals surface area contributed by atoms with E-state index in [1.54, 1.807) is 6.92 Å². The molecule has 0 bridgehead atoms. The number of anilines is 1. The lowest BCUT2D eigenvalue weighted by Gasteiger charge is -2.36. The minimum atomic E-state index is -0.582. The van der Waals surface area contributed by atoms with Gasteiger partial charge >= 0.3 is 5.97 Å². The quantitative estimate of drug-likeness (QED) is 0.852. The predicted molar refractivity (Wildman–Crippen MR) is 87.9 cm³/mol. The summed E-state index contributed by atoms with van der Waals surface area (Å²) in [6.45, 7) is 6.95. The Balaban J connectivity index is 2.61. The number of aromatic nitrogens is 1. The van der Waals surface area contributed by atoms with Crippen LogP contribution in [-0.4, -0.2) is 30.0 Å². The number of thiazole rings is 1. The third-order valence-corrected chi connectivity index (χ3v) is 4.87. The lowest BCUT2D eigenvalue weighted by atomic mass is 9.72. The second kappa shape index (κ2) is 6.41. The van der Waals surface area contributed by atoms with Gasteiger partial charge < -0.3 is 15.2 Å². The van der Waals surface area contributed by atoms with Crippen molar-refractivity contribution in [3.63, 3.8) is 0 Å².